The van der Waals surface area contributed by atoms with Crippen LogP contribution in [-0.2, 0) is 19.1 Å². The fourth-order valence-corrected chi connectivity index (χ4v) is 1.21. The Balaban J connectivity index is 5.04. The van der Waals surface area contributed by atoms with Gasteiger partial charge in [-0.2, -0.15) is 0 Å². The van der Waals surface area contributed by atoms with Gasteiger partial charge in [0.1, 0.15) is 0 Å². The van der Waals surface area contributed by atoms with Crippen LogP contribution in [0.15, 0.2) is 23.3 Å². The Morgan fingerprint density at radius 1 is 1.06 bits per heavy atom. The number of rotatable bonds is 6. The highest BCUT2D eigenvalue weighted by molar-refractivity contribution is 6.00. The Morgan fingerprint density at radius 3 is 2.06 bits per heavy atom. The summed E-state index contributed by atoms with van der Waals surface area (Å²) in [5, 5.41) is 0. The molecule has 0 atom stereocenters. The summed E-state index contributed by atoms with van der Waals surface area (Å²) in [7, 11) is 0. The second-order valence-corrected chi connectivity index (χ2v) is 3.32. The molecule has 17 heavy (non-hydrogen) atoms. The van der Waals surface area contributed by atoms with Gasteiger partial charge >= 0.3 is 11.9 Å². The fourth-order valence-electron chi connectivity index (χ4n) is 1.21. The molecular weight excluding hydrogens is 220 g/mol. The number of hydrogen-bond acceptors (Lipinski definition) is 4. The van der Waals surface area contributed by atoms with Crippen LogP contribution in [0.2, 0.25) is 0 Å². The van der Waals surface area contributed by atoms with Gasteiger partial charge in [0.05, 0.1) is 18.8 Å². The number of esters is 2. The van der Waals surface area contributed by atoms with Gasteiger partial charge in [-0.3, -0.25) is 0 Å². The SMILES string of the molecule is CC=CCC(C(=O)OCC)=C(C)C(=O)OCC. The molecule has 0 aliphatic rings. The molecule has 96 valence electrons. The standard InChI is InChI=1S/C13H20O4/c1-5-8-9-11(13(15)17-7-3)10(4)12(14)16-6-2/h5,8H,6-7,9H2,1-4H3. The molecule has 0 unspecified atom stereocenters. The van der Waals surface area contributed by atoms with Gasteiger partial charge in [0.25, 0.3) is 0 Å². The first-order chi connectivity index (χ1) is 8.08. The van der Waals surface area contributed by atoms with Crippen LogP contribution in [0, 0.1) is 0 Å². The molecule has 0 radical (unpaired) electrons. The number of carbonyl (C=O) groups is 2. The van der Waals surface area contributed by atoms with Gasteiger partial charge in [-0.05, 0) is 34.1 Å². The van der Waals surface area contributed by atoms with Crippen LogP contribution in [-0.4, -0.2) is 25.2 Å². The fraction of sp³-hybridized carbons (Fsp3) is 0.538. The van der Waals surface area contributed by atoms with Crippen molar-refractivity contribution in [3.05, 3.63) is 23.3 Å². The van der Waals surface area contributed by atoms with Crippen molar-refractivity contribution in [2.45, 2.75) is 34.1 Å². The first kappa shape index (κ1) is 15.4. The zero-order valence-electron chi connectivity index (χ0n) is 10.9. The minimum atomic E-state index is -0.472. The zero-order valence-corrected chi connectivity index (χ0v) is 10.9. The second-order valence-electron chi connectivity index (χ2n) is 3.32. The lowest BCUT2D eigenvalue weighted by molar-refractivity contribution is -0.141. The molecule has 4 heteroatoms. The van der Waals surface area contributed by atoms with Crippen molar-refractivity contribution >= 4 is 11.9 Å². The molecule has 0 fully saturated rings. The second kappa shape index (κ2) is 8.56. The highest BCUT2D eigenvalue weighted by atomic mass is 16.5. The number of hydrogen-bond donors (Lipinski definition) is 0. The molecule has 0 saturated heterocycles. The molecule has 0 aromatic carbocycles. The van der Waals surface area contributed by atoms with Crippen LogP contribution in [0.25, 0.3) is 0 Å². The average Bonchev–Trinajstić information content (AvgIpc) is 2.30. The Bertz CT molecular complexity index is 326. The normalized spacial score (nSPS) is 12.2. The predicted octanol–water partition coefficient (Wildman–Crippen LogP) is 2.40. The maximum Gasteiger partial charge on any atom is 0.334 e. The summed E-state index contributed by atoms with van der Waals surface area (Å²) in [6, 6.07) is 0. The van der Waals surface area contributed by atoms with Crippen molar-refractivity contribution in [3.63, 3.8) is 0 Å². The lowest BCUT2D eigenvalue weighted by atomic mass is 10.1. The molecule has 0 bridgehead atoms. The quantitative estimate of drug-likeness (QED) is 0.406. The molecule has 0 saturated carbocycles. The number of allylic oxidation sites excluding steroid dienone is 2. The van der Waals surface area contributed by atoms with E-state index in [1.165, 1.54) is 0 Å². The summed E-state index contributed by atoms with van der Waals surface area (Å²) in [5.74, 6) is -0.934. The van der Waals surface area contributed by atoms with Crippen molar-refractivity contribution < 1.29 is 19.1 Å². The van der Waals surface area contributed by atoms with E-state index in [2.05, 4.69) is 0 Å². The molecule has 0 N–H and O–H groups in total. The molecule has 0 aliphatic carbocycles. The summed E-state index contributed by atoms with van der Waals surface area (Å²) in [6.45, 7) is 7.45. The first-order valence-electron chi connectivity index (χ1n) is 5.73. The summed E-state index contributed by atoms with van der Waals surface area (Å²) >= 11 is 0. The van der Waals surface area contributed by atoms with Crippen molar-refractivity contribution in [2.75, 3.05) is 13.2 Å². The third kappa shape index (κ3) is 5.33. The zero-order chi connectivity index (χ0) is 13.3. The van der Waals surface area contributed by atoms with Crippen LogP contribution in [0.3, 0.4) is 0 Å². The average molecular weight is 240 g/mol. The lowest BCUT2D eigenvalue weighted by Crippen LogP contribution is -2.15. The van der Waals surface area contributed by atoms with E-state index in [4.69, 9.17) is 9.47 Å². The Kier molecular flexibility index (Phi) is 7.76. The molecule has 0 heterocycles. The summed E-state index contributed by atoms with van der Waals surface area (Å²) < 4.78 is 9.78. The largest absolute Gasteiger partial charge is 0.463 e. The summed E-state index contributed by atoms with van der Waals surface area (Å²) in [5.41, 5.74) is 0.659. The van der Waals surface area contributed by atoms with E-state index in [0.29, 0.717) is 17.6 Å². The smallest absolute Gasteiger partial charge is 0.334 e. The Morgan fingerprint density at radius 2 is 1.59 bits per heavy atom. The molecular formula is C13H20O4. The van der Waals surface area contributed by atoms with Crippen LogP contribution in [0.5, 0.6) is 0 Å². The maximum absolute atomic E-state index is 11.7. The van der Waals surface area contributed by atoms with E-state index in [9.17, 15) is 9.59 Å². The van der Waals surface area contributed by atoms with Gasteiger partial charge in [0.2, 0.25) is 0 Å². The minimum Gasteiger partial charge on any atom is -0.463 e. The highest BCUT2D eigenvalue weighted by Crippen LogP contribution is 2.13. The van der Waals surface area contributed by atoms with Crippen LogP contribution in [0.4, 0.5) is 0 Å². The van der Waals surface area contributed by atoms with Gasteiger partial charge in [0, 0.05) is 5.57 Å². The van der Waals surface area contributed by atoms with Crippen LogP contribution >= 0.6 is 0 Å². The molecule has 4 nitrogen and oxygen atoms in total. The monoisotopic (exact) mass is 240 g/mol. The van der Waals surface area contributed by atoms with Gasteiger partial charge < -0.3 is 9.47 Å². The highest BCUT2D eigenvalue weighted by Gasteiger charge is 2.18. The van der Waals surface area contributed by atoms with Gasteiger partial charge in [-0.1, -0.05) is 12.2 Å². The van der Waals surface area contributed by atoms with E-state index in [-0.39, 0.29) is 13.2 Å². The molecule has 0 aromatic rings. The van der Waals surface area contributed by atoms with Gasteiger partial charge in [0.15, 0.2) is 0 Å². The Labute approximate surface area is 102 Å². The first-order valence-corrected chi connectivity index (χ1v) is 5.73. The Hall–Kier alpha value is -1.58. The summed E-state index contributed by atoms with van der Waals surface area (Å²) in [4.78, 5) is 23.2. The molecule has 0 amide bonds. The topological polar surface area (TPSA) is 52.6 Å². The van der Waals surface area contributed by atoms with E-state index >= 15 is 0 Å². The molecule has 0 aromatic heterocycles. The van der Waals surface area contributed by atoms with Crippen LogP contribution in [0.1, 0.15) is 34.1 Å². The van der Waals surface area contributed by atoms with E-state index in [0.717, 1.165) is 0 Å². The molecule has 0 rings (SSSR count). The third-order valence-corrected chi connectivity index (χ3v) is 2.11. The number of carbonyl (C=O) groups excluding carboxylic acids is 2. The third-order valence-electron chi connectivity index (χ3n) is 2.11. The van der Waals surface area contributed by atoms with Gasteiger partial charge in [-0.25, -0.2) is 9.59 Å². The minimum absolute atomic E-state index is 0.286. The predicted molar refractivity (Wildman–Crippen MR) is 65.4 cm³/mol. The van der Waals surface area contributed by atoms with Crippen molar-refractivity contribution in [3.8, 4) is 0 Å². The van der Waals surface area contributed by atoms with E-state index in [1.807, 2.05) is 13.0 Å². The number of ether oxygens (including phenoxy) is 2. The molecule has 0 spiro atoms. The lowest BCUT2D eigenvalue weighted by Gasteiger charge is -2.09. The van der Waals surface area contributed by atoms with Crippen LogP contribution < -0.4 is 0 Å². The van der Waals surface area contributed by atoms with E-state index in [1.54, 1.807) is 26.8 Å². The molecule has 0 aliphatic heterocycles. The van der Waals surface area contributed by atoms with Gasteiger partial charge in [-0.15, -0.1) is 0 Å². The summed E-state index contributed by atoms with van der Waals surface area (Å²) in [6.07, 6.45) is 3.99. The van der Waals surface area contributed by atoms with Crippen molar-refractivity contribution in [1.29, 1.82) is 0 Å². The van der Waals surface area contributed by atoms with Crippen molar-refractivity contribution in [1.82, 2.24) is 0 Å². The van der Waals surface area contributed by atoms with Crippen molar-refractivity contribution in [2.24, 2.45) is 0 Å². The maximum atomic E-state index is 11.7. The van der Waals surface area contributed by atoms with E-state index < -0.39 is 11.9 Å².